The van der Waals surface area contributed by atoms with E-state index in [1.165, 1.54) is 0 Å². The molecule has 0 bridgehead atoms. The quantitative estimate of drug-likeness (QED) is 0.898. The third-order valence-corrected chi connectivity index (χ3v) is 4.69. The predicted octanol–water partition coefficient (Wildman–Crippen LogP) is 2.53. The lowest BCUT2D eigenvalue weighted by atomic mass is 9.98. The molecule has 1 heterocycles. The largest absolute Gasteiger partial charge is 0.493 e. The van der Waals surface area contributed by atoms with E-state index in [1.807, 2.05) is 24.3 Å². The van der Waals surface area contributed by atoms with Crippen LogP contribution < -0.4 is 15.8 Å². The smallest absolute Gasteiger partial charge is 0.220 e. The van der Waals surface area contributed by atoms with Crippen molar-refractivity contribution in [1.82, 2.24) is 5.32 Å². The SMILES string of the molecule is N[C@@H]1CCC[C@H]1CC(=O)NC1CCCOc2ccccc21. The van der Waals surface area contributed by atoms with Crippen molar-refractivity contribution in [3.8, 4) is 5.75 Å². The van der Waals surface area contributed by atoms with Crippen LogP contribution in [0.5, 0.6) is 5.75 Å². The molecule has 2 aliphatic rings. The van der Waals surface area contributed by atoms with Crippen LogP contribution in [0.25, 0.3) is 0 Å². The van der Waals surface area contributed by atoms with Gasteiger partial charge in [0.15, 0.2) is 0 Å². The Morgan fingerprint density at radius 3 is 2.90 bits per heavy atom. The van der Waals surface area contributed by atoms with E-state index in [0.717, 1.165) is 50.0 Å². The summed E-state index contributed by atoms with van der Waals surface area (Å²) in [5.41, 5.74) is 7.16. The average molecular weight is 288 g/mol. The van der Waals surface area contributed by atoms with Gasteiger partial charge in [-0.2, -0.15) is 0 Å². The fourth-order valence-corrected chi connectivity index (χ4v) is 3.49. The van der Waals surface area contributed by atoms with Crippen LogP contribution in [-0.4, -0.2) is 18.6 Å². The molecular weight excluding hydrogens is 264 g/mol. The van der Waals surface area contributed by atoms with E-state index in [2.05, 4.69) is 5.32 Å². The van der Waals surface area contributed by atoms with Crippen molar-refractivity contribution in [2.24, 2.45) is 11.7 Å². The van der Waals surface area contributed by atoms with Crippen LogP contribution in [0.4, 0.5) is 0 Å². The van der Waals surface area contributed by atoms with Gasteiger partial charge >= 0.3 is 0 Å². The molecule has 114 valence electrons. The average Bonchev–Trinajstić information content (AvgIpc) is 2.77. The van der Waals surface area contributed by atoms with Crippen molar-refractivity contribution in [3.63, 3.8) is 0 Å². The van der Waals surface area contributed by atoms with E-state index >= 15 is 0 Å². The van der Waals surface area contributed by atoms with Crippen LogP contribution in [0.15, 0.2) is 24.3 Å². The molecule has 0 aromatic heterocycles. The zero-order chi connectivity index (χ0) is 14.7. The molecule has 1 aromatic carbocycles. The highest BCUT2D eigenvalue weighted by Crippen LogP contribution is 2.32. The van der Waals surface area contributed by atoms with Crippen molar-refractivity contribution >= 4 is 5.91 Å². The molecule has 3 rings (SSSR count). The number of amides is 1. The number of hydrogen-bond acceptors (Lipinski definition) is 3. The molecule has 1 unspecified atom stereocenters. The number of nitrogens with two attached hydrogens (primary N) is 1. The number of benzene rings is 1. The number of rotatable bonds is 3. The van der Waals surface area contributed by atoms with Crippen LogP contribution in [0.3, 0.4) is 0 Å². The first-order valence-corrected chi connectivity index (χ1v) is 8.00. The molecule has 1 fully saturated rings. The number of fused-ring (bicyclic) bond motifs is 1. The third kappa shape index (κ3) is 3.38. The highest BCUT2D eigenvalue weighted by atomic mass is 16.5. The van der Waals surface area contributed by atoms with Crippen LogP contribution in [0.2, 0.25) is 0 Å². The Morgan fingerprint density at radius 1 is 1.24 bits per heavy atom. The molecule has 3 atom stereocenters. The lowest BCUT2D eigenvalue weighted by Crippen LogP contribution is -2.33. The zero-order valence-corrected chi connectivity index (χ0v) is 12.4. The summed E-state index contributed by atoms with van der Waals surface area (Å²) in [6.45, 7) is 0.719. The maximum atomic E-state index is 12.3. The second-order valence-corrected chi connectivity index (χ2v) is 6.21. The van der Waals surface area contributed by atoms with Gasteiger partial charge in [-0.25, -0.2) is 0 Å². The van der Waals surface area contributed by atoms with Gasteiger partial charge in [0, 0.05) is 18.0 Å². The van der Waals surface area contributed by atoms with Gasteiger partial charge in [0.25, 0.3) is 0 Å². The summed E-state index contributed by atoms with van der Waals surface area (Å²) in [6.07, 6.45) is 5.74. The fraction of sp³-hybridized carbons (Fsp3) is 0.588. The number of nitrogens with one attached hydrogen (secondary N) is 1. The number of carbonyl (C=O) groups is 1. The molecule has 1 aliphatic carbocycles. The van der Waals surface area contributed by atoms with Crippen molar-refractivity contribution in [2.45, 2.75) is 50.6 Å². The van der Waals surface area contributed by atoms with Gasteiger partial charge in [0.1, 0.15) is 5.75 Å². The predicted molar refractivity (Wildman–Crippen MR) is 82.0 cm³/mol. The molecule has 1 amide bonds. The standard InChI is InChI=1S/C17H24N2O2/c18-14-7-3-5-12(14)11-17(20)19-15-8-4-10-21-16-9-2-1-6-13(15)16/h1-2,6,9,12,14-15H,3-5,7-8,10-11,18H2,(H,19,20)/t12-,14+,15?/m0/s1. The maximum absolute atomic E-state index is 12.3. The first kappa shape index (κ1) is 14.4. The molecule has 4 heteroatoms. The third-order valence-electron chi connectivity index (χ3n) is 4.69. The second-order valence-electron chi connectivity index (χ2n) is 6.21. The Kier molecular flexibility index (Phi) is 4.44. The number of para-hydroxylation sites is 1. The van der Waals surface area contributed by atoms with E-state index in [9.17, 15) is 4.79 Å². The Morgan fingerprint density at radius 2 is 2.10 bits per heavy atom. The minimum absolute atomic E-state index is 0.0637. The van der Waals surface area contributed by atoms with Gasteiger partial charge in [0.05, 0.1) is 12.6 Å². The summed E-state index contributed by atoms with van der Waals surface area (Å²) in [4.78, 5) is 12.3. The summed E-state index contributed by atoms with van der Waals surface area (Å²) in [7, 11) is 0. The van der Waals surface area contributed by atoms with Gasteiger partial charge in [-0.15, -0.1) is 0 Å². The van der Waals surface area contributed by atoms with Crippen molar-refractivity contribution in [1.29, 1.82) is 0 Å². The lowest BCUT2D eigenvalue weighted by molar-refractivity contribution is -0.122. The Labute approximate surface area is 126 Å². The number of carbonyl (C=O) groups excluding carboxylic acids is 1. The van der Waals surface area contributed by atoms with Crippen LogP contribution in [-0.2, 0) is 4.79 Å². The van der Waals surface area contributed by atoms with Crippen molar-refractivity contribution in [2.75, 3.05) is 6.61 Å². The van der Waals surface area contributed by atoms with Gasteiger partial charge in [-0.3, -0.25) is 4.79 Å². The van der Waals surface area contributed by atoms with Crippen LogP contribution >= 0.6 is 0 Å². The molecule has 1 aliphatic heterocycles. The second kappa shape index (κ2) is 6.48. The van der Waals surface area contributed by atoms with Gasteiger partial charge in [0.2, 0.25) is 5.91 Å². The summed E-state index contributed by atoms with van der Waals surface area (Å²) in [6, 6.07) is 8.26. The van der Waals surface area contributed by atoms with E-state index in [1.54, 1.807) is 0 Å². The van der Waals surface area contributed by atoms with E-state index in [0.29, 0.717) is 12.3 Å². The topological polar surface area (TPSA) is 64.4 Å². The van der Waals surface area contributed by atoms with E-state index < -0.39 is 0 Å². The number of hydrogen-bond donors (Lipinski definition) is 2. The molecular formula is C17H24N2O2. The molecule has 4 nitrogen and oxygen atoms in total. The van der Waals surface area contributed by atoms with E-state index in [-0.39, 0.29) is 18.0 Å². The van der Waals surface area contributed by atoms with Gasteiger partial charge < -0.3 is 15.8 Å². The first-order valence-electron chi connectivity index (χ1n) is 8.00. The van der Waals surface area contributed by atoms with E-state index in [4.69, 9.17) is 10.5 Å². The monoisotopic (exact) mass is 288 g/mol. The minimum Gasteiger partial charge on any atom is -0.493 e. The normalized spacial score (nSPS) is 28.3. The summed E-state index contributed by atoms with van der Waals surface area (Å²) in [5.74, 6) is 1.37. The Bertz CT molecular complexity index is 503. The summed E-state index contributed by atoms with van der Waals surface area (Å²) < 4.78 is 5.74. The van der Waals surface area contributed by atoms with Crippen LogP contribution in [0, 0.1) is 5.92 Å². The highest BCUT2D eigenvalue weighted by molar-refractivity contribution is 5.77. The molecule has 0 saturated heterocycles. The van der Waals surface area contributed by atoms with Gasteiger partial charge in [-0.1, -0.05) is 24.6 Å². The minimum atomic E-state index is 0.0637. The Balaban J connectivity index is 1.65. The molecule has 0 spiro atoms. The first-order chi connectivity index (χ1) is 10.2. The van der Waals surface area contributed by atoms with Crippen LogP contribution in [0.1, 0.15) is 50.1 Å². The van der Waals surface area contributed by atoms with Crippen molar-refractivity contribution in [3.05, 3.63) is 29.8 Å². The van der Waals surface area contributed by atoms with Crippen molar-refractivity contribution < 1.29 is 9.53 Å². The zero-order valence-electron chi connectivity index (χ0n) is 12.4. The molecule has 1 saturated carbocycles. The molecule has 1 aromatic rings. The fourth-order valence-electron chi connectivity index (χ4n) is 3.49. The summed E-state index contributed by atoms with van der Waals surface area (Å²) >= 11 is 0. The Hall–Kier alpha value is -1.55. The summed E-state index contributed by atoms with van der Waals surface area (Å²) in [5, 5.41) is 3.19. The number of ether oxygens (including phenoxy) is 1. The molecule has 3 N–H and O–H groups in total. The molecule has 21 heavy (non-hydrogen) atoms. The van der Waals surface area contributed by atoms with Gasteiger partial charge in [-0.05, 0) is 37.7 Å². The highest BCUT2D eigenvalue weighted by Gasteiger charge is 2.28. The maximum Gasteiger partial charge on any atom is 0.220 e. The lowest BCUT2D eigenvalue weighted by Gasteiger charge is -2.20. The molecule has 0 radical (unpaired) electrons.